The third-order valence-electron chi connectivity index (χ3n) is 2.93. The Morgan fingerprint density at radius 3 is 2.71 bits per heavy atom. The SMILES string of the molecule is COc1cc(/C=N/O)cc(Cl)c1OCC(=O)Nc1ccc(F)cc1. The highest BCUT2D eigenvalue weighted by atomic mass is 35.5. The van der Waals surface area contributed by atoms with E-state index in [-0.39, 0.29) is 23.1 Å². The largest absolute Gasteiger partial charge is 0.493 e. The molecule has 0 saturated heterocycles. The minimum absolute atomic E-state index is 0.184. The third-order valence-corrected chi connectivity index (χ3v) is 3.21. The van der Waals surface area contributed by atoms with Gasteiger partial charge in [-0.15, -0.1) is 0 Å². The summed E-state index contributed by atoms with van der Waals surface area (Å²) < 4.78 is 23.4. The zero-order valence-corrected chi connectivity index (χ0v) is 13.4. The molecule has 24 heavy (non-hydrogen) atoms. The summed E-state index contributed by atoms with van der Waals surface area (Å²) in [4.78, 5) is 11.9. The van der Waals surface area contributed by atoms with Gasteiger partial charge in [-0.3, -0.25) is 4.79 Å². The second-order valence-corrected chi connectivity index (χ2v) is 5.03. The number of ether oxygens (including phenoxy) is 2. The Balaban J connectivity index is 2.05. The molecule has 2 rings (SSSR count). The molecule has 0 spiro atoms. The number of amides is 1. The summed E-state index contributed by atoms with van der Waals surface area (Å²) in [6, 6.07) is 8.37. The Hall–Kier alpha value is -2.80. The number of nitrogens with zero attached hydrogens (tertiary/aromatic N) is 1. The van der Waals surface area contributed by atoms with Gasteiger partial charge < -0.3 is 20.0 Å². The van der Waals surface area contributed by atoms with Crippen LogP contribution in [-0.4, -0.2) is 31.0 Å². The van der Waals surface area contributed by atoms with Gasteiger partial charge in [-0.1, -0.05) is 16.8 Å². The quantitative estimate of drug-likeness (QED) is 0.475. The standard InChI is InChI=1S/C16H14ClFN2O4/c1-23-14-7-10(8-19-22)6-13(17)16(14)24-9-15(21)20-12-4-2-11(18)3-5-12/h2-8,22H,9H2,1H3,(H,20,21)/b19-8+. The monoisotopic (exact) mass is 352 g/mol. The second kappa shape index (κ2) is 8.16. The maximum absolute atomic E-state index is 12.8. The number of hydrogen-bond donors (Lipinski definition) is 2. The van der Waals surface area contributed by atoms with Crippen molar-refractivity contribution in [2.24, 2.45) is 5.16 Å². The predicted octanol–water partition coefficient (Wildman–Crippen LogP) is 3.31. The summed E-state index contributed by atoms with van der Waals surface area (Å²) in [5.41, 5.74) is 0.944. The lowest BCUT2D eigenvalue weighted by Crippen LogP contribution is -2.20. The van der Waals surface area contributed by atoms with Crippen LogP contribution in [0.1, 0.15) is 5.56 Å². The van der Waals surface area contributed by atoms with Crippen LogP contribution in [-0.2, 0) is 4.79 Å². The lowest BCUT2D eigenvalue weighted by atomic mass is 10.2. The van der Waals surface area contributed by atoms with Crippen LogP contribution in [0.3, 0.4) is 0 Å². The topological polar surface area (TPSA) is 80.2 Å². The summed E-state index contributed by atoms with van der Waals surface area (Å²) in [5.74, 6) is -0.372. The maximum atomic E-state index is 12.8. The Labute approximate surface area is 142 Å². The molecular formula is C16H14ClFN2O4. The van der Waals surface area contributed by atoms with Crippen LogP contribution in [0.15, 0.2) is 41.6 Å². The Morgan fingerprint density at radius 1 is 1.38 bits per heavy atom. The average Bonchev–Trinajstić information content (AvgIpc) is 2.56. The van der Waals surface area contributed by atoms with Crippen molar-refractivity contribution in [3.8, 4) is 11.5 Å². The number of halogens is 2. The van der Waals surface area contributed by atoms with Crippen LogP contribution in [0.4, 0.5) is 10.1 Å². The van der Waals surface area contributed by atoms with Crippen LogP contribution in [0.2, 0.25) is 5.02 Å². The molecule has 0 fully saturated rings. The molecule has 2 aromatic carbocycles. The van der Waals surface area contributed by atoms with Crippen LogP contribution in [0.5, 0.6) is 11.5 Å². The fourth-order valence-electron chi connectivity index (χ4n) is 1.89. The highest BCUT2D eigenvalue weighted by molar-refractivity contribution is 6.32. The molecule has 0 atom stereocenters. The molecule has 0 heterocycles. The highest BCUT2D eigenvalue weighted by Gasteiger charge is 2.13. The van der Waals surface area contributed by atoms with Crippen molar-refractivity contribution in [3.63, 3.8) is 0 Å². The van der Waals surface area contributed by atoms with E-state index in [9.17, 15) is 9.18 Å². The molecule has 2 N–H and O–H groups in total. The summed E-state index contributed by atoms with van der Waals surface area (Å²) in [6.07, 6.45) is 1.18. The van der Waals surface area contributed by atoms with Gasteiger partial charge in [0.05, 0.1) is 18.3 Å². The first-order valence-electron chi connectivity index (χ1n) is 6.76. The lowest BCUT2D eigenvalue weighted by molar-refractivity contribution is -0.118. The molecule has 8 heteroatoms. The molecule has 6 nitrogen and oxygen atoms in total. The van der Waals surface area contributed by atoms with E-state index in [1.54, 1.807) is 6.07 Å². The van der Waals surface area contributed by atoms with Gasteiger partial charge in [0.2, 0.25) is 0 Å². The van der Waals surface area contributed by atoms with Crippen LogP contribution >= 0.6 is 11.6 Å². The molecule has 1 amide bonds. The molecule has 0 aliphatic carbocycles. The molecule has 0 aliphatic heterocycles. The number of carbonyl (C=O) groups excluding carboxylic acids is 1. The molecule has 0 aliphatic rings. The Morgan fingerprint density at radius 2 is 2.08 bits per heavy atom. The van der Waals surface area contributed by atoms with E-state index in [4.69, 9.17) is 26.3 Å². The van der Waals surface area contributed by atoms with Crippen LogP contribution in [0, 0.1) is 5.82 Å². The van der Waals surface area contributed by atoms with Gasteiger partial charge in [0.25, 0.3) is 5.91 Å². The number of benzene rings is 2. The number of nitrogens with one attached hydrogen (secondary N) is 1. The van der Waals surface area contributed by atoms with Crippen LogP contribution < -0.4 is 14.8 Å². The van der Waals surface area contributed by atoms with Gasteiger partial charge in [-0.05, 0) is 36.4 Å². The van der Waals surface area contributed by atoms with Crippen molar-refractivity contribution in [2.75, 3.05) is 19.0 Å². The maximum Gasteiger partial charge on any atom is 0.262 e. The second-order valence-electron chi connectivity index (χ2n) is 4.62. The number of carbonyl (C=O) groups is 1. The molecule has 0 radical (unpaired) electrons. The molecule has 126 valence electrons. The van der Waals surface area contributed by atoms with E-state index in [1.807, 2.05) is 0 Å². The zero-order chi connectivity index (χ0) is 17.5. The first-order chi connectivity index (χ1) is 11.5. The van der Waals surface area contributed by atoms with Gasteiger partial charge in [-0.2, -0.15) is 0 Å². The van der Waals surface area contributed by atoms with E-state index < -0.39 is 11.7 Å². The normalized spacial score (nSPS) is 10.6. The van der Waals surface area contributed by atoms with Crippen molar-refractivity contribution < 1.29 is 23.9 Å². The van der Waals surface area contributed by atoms with Crippen molar-refractivity contribution >= 4 is 29.4 Å². The lowest BCUT2D eigenvalue weighted by Gasteiger charge is -2.13. The van der Waals surface area contributed by atoms with E-state index in [0.717, 1.165) is 0 Å². The van der Waals surface area contributed by atoms with E-state index >= 15 is 0 Å². The first kappa shape index (κ1) is 17.6. The molecule has 0 bridgehead atoms. The average molecular weight is 353 g/mol. The van der Waals surface area contributed by atoms with Crippen molar-refractivity contribution in [3.05, 3.63) is 52.8 Å². The third kappa shape index (κ3) is 4.60. The van der Waals surface area contributed by atoms with Crippen molar-refractivity contribution in [1.82, 2.24) is 0 Å². The van der Waals surface area contributed by atoms with Gasteiger partial charge in [0, 0.05) is 11.3 Å². The van der Waals surface area contributed by atoms with E-state index in [2.05, 4.69) is 10.5 Å². The van der Waals surface area contributed by atoms with Crippen molar-refractivity contribution in [1.29, 1.82) is 0 Å². The molecule has 0 saturated carbocycles. The summed E-state index contributed by atoms with van der Waals surface area (Å²) in [7, 11) is 1.41. The number of methoxy groups -OCH3 is 1. The van der Waals surface area contributed by atoms with Gasteiger partial charge in [-0.25, -0.2) is 4.39 Å². The number of rotatable bonds is 6. The van der Waals surface area contributed by atoms with Gasteiger partial charge >= 0.3 is 0 Å². The molecule has 0 aromatic heterocycles. The smallest absolute Gasteiger partial charge is 0.262 e. The summed E-state index contributed by atoms with van der Waals surface area (Å²) in [6.45, 7) is -0.319. The molecule has 0 unspecified atom stereocenters. The summed E-state index contributed by atoms with van der Waals surface area (Å²) >= 11 is 6.09. The minimum atomic E-state index is -0.444. The first-order valence-corrected chi connectivity index (χ1v) is 7.14. The fraction of sp³-hybridized carbons (Fsp3) is 0.125. The summed E-state index contributed by atoms with van der Waals surface area (Å²) in [5, 5.41) is 14.2. The van der Waals surface area contributed by atoms with E-state index in [0.29, 0.717) is 11.3 Å². The zero-order valence-electron chi connectivity index (χ0n) is 12.6. The number of oxime groups is 1. The van der Waals surface area contributed by atoms with Gasteiger partial charge in [0.15, 0.2) is 18.1 Å². The predicted molar refractivity (Wildman–Crippen MR) is 87.9 cm³/mol. The Bertz CT molecular complexity index is 750. The van der Waals surface area contributed by atoms with Crippen LogP contribution in [0.25, 0.3) is 0 Å². The van der Waals surface area contributed by atoms with E-state index in [1.165, 1.54) is 43.7 Å². The van der Waals surface area contributed by atoms with Gasteiger partial charge in [0.1, 0.15) is 5.82 Å². The minimum Gasteiger partial charge on any atom is -0.493 e. The number of hydrogen-bond acceptors (Lipinski definition) is 5. The molecular weight excluding hydrogens is 339 g/mol. The number of anilines is 1. The Kier molecular flexibility index (Phi) is 5.97. The fourth-order valence-corrected chi connectivity index (χ4v) is 2.16. The molecule has 2 aromatic rings. The highest BCUT2D eigenvalue weighted by Crippen LogP contribution is 2.36. The van der Waals surface area contributed by atoms with Crippen molar-refractivity contribution in [2.45, 2.75) is 0 Å².